The van der Waals surface area contributed by atoms with Gasteiger partial charge in [0.2, 0.25) is 0 Å². The van der Waals surface area contributed by atoms with Crippen LogP contribution in [0.5, 0.6) is 0 Å². The summed E-state index contributed by atoms with van der Waals surface area (Å²) in [6.45, 7) is 6.73. The van der Waals surface area contributed by atoms with Crippen molar-refractivity contribution in [2.75, 3.05) is 0 Å². The fraction of sp³-hybridized carbons (Fsp3) is 0.778. The predicted octanol–water partition coefficient (Wildman–Crippen LogP) is 1.71. The van der Waals surface area contributed by atoms with Crippen molar-refractivity contribution < 1.29 is 14.7 Å². The molecular formula is C9H16O3. The number of carboxylic acid groups (broad SMARTS) is 1. The summed E-state index contributed by atoms with van der Waals surface area (Å²) in [4.78, 5) is 21.2. The largest absolute Gasteiger partial charge is 0.481 e. The van der Waals surface area contributed by atoms with Crippen LogP contribution in [0.3, 0.4) is 0 Å². The summed E-state index contributed by atoms with van der Waals surface area (Å²) in [5.41, 5.74) is -1.38. The highest BCUT2D eigenvalue weighted by atomic mass is 16.4. The molecule has 70 valence electrons. The van der Waals surface area contributed by atoms with Gasteiger partial charge in [-0.05, 0) is 20.3 Å². The smallest absolute Gasteiger partial charge is 0.309 e. The maximum atomic E-state index is 10.7. The molecule has 0 rings (SSSR count). The van der Waals surface area contributed by atoms with E-state index in [1.54, 1.807) is 27.7 Å². The Morgan fingerprint density at radius 3 is 2.00 bits per heavy atom. The minimum atomic E-state index is -0.863. The zero-order valence-electron chi connectivity index (χ0n) is 8.05. The van der Waals surface area contributed by atoms with E-state index >= 15 is 0 Å². The van der Waals surface area contributed by atoms with E-state index in [1.807, 2.05) is 0 Å². The van der Waals surface area contributed by atoms with E-state index in [0.717, 1.165) is 6.29 Å². The Hall–Kier alpha value is -0.860. The Morgan fingerprint density at radius 2 is 1.75 bits per heavy atom. The summed E-state index contributed by atoms with van der Waals surface area (Å²) in [6, 6.07) is 0. The van der Waals surface area contributed by atoms with Gasteiger partial charge in [0.1, 0.15) is 6.29 Å². The number of hydrogen-bond acceptors (Lipinski definition) is 2. The van der Waals surface area contributed by atoms with Crippen LogP contribution in [-0.2, 0) is 9.59 Å². The molecule has 0 saturated carbocycles. The summed E-state index contributed by atoms with van der Waals surface area (Å²) in [5.74, 6) is -0.863. The summed E-state index contributed by atoms with van der Waals surface area (Å²) in [5, 5.41) is 8.78. The van der Waals surface area contributed by atoms with Crippen molar-refractivity contribution in [2.24, 2.45) is 10.8 Å². The molecule has 0 aromatic heterocycles. The molecule has 3 nitrogen and oxygen atoms in total. The van der Waals surface area contributed by atoms with Gasteiger partial charge in [-0.15, -0.1) is 0 Å². The number of aldehydes is 1. The van der Waals surface area contributed by atoms with Crippen LogP contribution in [0.25, 0.3) is 0 Å². The fourth-order valence-corrected chi connectivity index (χ4v) is 1.26. The molecular weight excluding hydrogens is 156 g/mol. The van der Waals surface area contributed by atoms with Crippen LogP contribution < -0.4 is 0 Å². The molecule has 0 unspecified atom stereocenters. The molecule has 0 radical (unpaired) electrons. The maximum absolute atomic E-state index is 10.7. The standard InChI is InChI=1S/C9H16O3/c1-8(2,6-10)5-9(3,4)7(11)12/h6H,5H2,1-4H3,(H,11,12). The van der Waals surface area contributed by atoms with Crippen molar-refractivity contribution in [1.82, 2.24) is 0 Å². The molecule has 3 heteroatoms. The van der Waals surface area contributed by atoms with Gasteiger partial charge in [-0.25, -0.2) is 0 Å². The number of hydrogen-bond donors (Lipinski definition) is 1. The van der Waals surface area contributed by atoms with Crippen molar-refractivity contribution in [1.29, 1.82) is 0 Å². The first-order valence-corrected chi connectivity index (χ1v) is 3.91. The molecule has 0 aliphatic rings. The second kappa shape index (κ2) is 3.25. The second-order valence-corrected chi connectivity index (χ2v) is 4.47. The van der Waals surface area contributed by atoms with Crippen molar-refractivity contribution in [3.63, 3.8) is 0 Å². The Labute approximate surface area is 72.8 Å². The van der Waals surface area contributed by atoms with Gasteiger partial charge in [0.05, 0.1) is 5.41 Å². The minimum Gasteiger partial charge on any atom is -0.481 e. The molecule has 1 N–H and O–H groups in total. The molecule has 0 aromatic carbocycles. The lowest BCUT2D eigenvalue weighted by atomic mass is 9.76. The molecule has 0 heterocycles. The first kappa shape index (κ1) is 11.1. The van der Waals surface area contributed by atoms with Gasteiger partial charge < -0.3 is 9.90 Å². The average molecular weight is 172 g/mol. The highest BCUT2D eigenvalue weighted by Gasteiger charge is 2.34. The highest BCUT2D eigenvalue weighted by molar-refractivity contribution is 5.74. The number of rotatable bonds is 4. The zero-order chi connectivity index (χ0) is 9.99. The monoisotopic (exact) mass is 172 g/mol. The molecule has 0 amide bonds. The van der Waals surface area contributed by atoms with Crippen LogP contribution in [0.4, 0.5) is 0 Å². The first-order chi connectivity index (χ1) is 5.21. The molecule has 12 heavy (non-hydrogen) atoms. The summed E-state index contributed by atoms with van der Waals surface area (Å²) < 4.78 is 0. The minimum absolute atomic E-state index is 0.360. The Bertz CT molecular complexity index is 192. The van der Waals surface area contributed by atoms with Crippen LogP contribution in [0.1, 0.15) is 34.1 Å². The lowest BCUT2D eigenvalue weighted by Gasteiger charge is -2.27. The predicted molar refractivity (Wildman–Crippen MR) is 45.9 cm³/mol. The van der Waals surface area contributed by atoms with E-state index in [0.29, 0.717) is 6.42 Å². The molecule has 0 spiro atoms. The maximum Gasteiger partial charge on any atom is 0.309 e. The van der Waals surface area contributed by atoms with Gasteiger partial charge >= 0.3 is 5.97 Å². The SMILES string of the molecule is CC(C)(C=O)CC(C)(C)C(=O)O. The quantitative estimate of drug-likeness (QED) is 0.657. The van der Waals surface area contributed by atoms with Gasteiger partial charge in [0.25, 0.3) is 0 Å². The van der Waals surface area contributed by atoms with Crippen LogP contribution in [-0.4, -0.2) is 17.4 Å². The number of carbonyl (C=O) groups excluding carboxylic acids is 1. The Kier molecular flexibility index (Phi) is 3.02. The van der Waals surface area contributed by atoms with Crippen LogP contribution in [0.2, 0.25) is 0 Å². The lowest BCUT2D eigenvalue weighted by Crippen LogP contribution is -2.31. The van der Waals surface area contributed by atoms with Crippen LogP contribution in [0, 0.1) is 10.8 Å². The molecule has 0 aliphatic carbocycles. The van der Waals surface area contributed by atoms with E-state index < -0.39 is 16.8 Å². The summed E-state index contributed by atoms with van der Waals surface area (Å²) in [6.07, 6.45) is 1.16. The number of carbonyl (C=O) groups is 2. The number of carboxylic acids is 1. The normalized spacial score (nSPS) is 12.7. The van der Waals surface area contributed by atoms with Crippen molar-refractivity contribution in [2.45, 2.75) is 34.1 Å². The van der Waals surface area contributed by atoms with Crippen molar-refractivity contribution in [3.05, 3.63) is 0 Å². The van der Waals surface area contributed by atoms with Gasteiger partial charge in [-0.1, -0.05) is 13.8 Å². The van der Waals surface area contributed by atoms with E-state index in [1.165, 1.54) is 0 Å². The first-order valence-electron chi connectivity index (χ1n) is 3.91. The van der Waals surface area contributed by atoms with Gasteiger partial charge in [-0.2, -0.15) is 0 Å². The third-order valence-electron chi connectivity index (χ3n) is 1.80. The molecule has 0 aromatic rings. The average Bonchev–Trinajstić information content (AvgIpc) is 1.85. The van der Waals surface area contributed by atoms with Crippen molar-refractivity contribution in [3.8, 4) is 0 Å². The molecule has 0 saturated heterocycles. The Morgan fingerprint density at radius 1 is 1.33 bits per heavy atom. The molecule has 0 bridgehead atoms. The third-order valence-corrected chi connectivity index (χ3v) is 1.80. The molecule has 0 fully saturated rings. The van der Waals surface area contributed by atoms with Gasteiger partial charge in [0.15, 0.2) is 0 Å². The fourth-order valence-electron chi connectivity index (χ4n) is 1.26. The number of aliphatic carboxylic acids is 1. The second-order valence-electron chi connectivity index (χ2n) is 4.47. The topological polar surface area (TPSA) is 54.4 Å². The molecule has 0 aliphatic heterocycles. The Balaban J connectivity index is 4.44. The van der Waals surface area contributed by atoms with E-state index in [9.17, 15) is 9.59 Å². The van der Waals surface area contributed by atoms with E-state index in [-0.39, 0.29) is 0 Å². The van der Waals surface area contributed by atoms with E-state index in [4.69, 9.17) is 5.11 Å². The van der Waals surface area contributed by atoms with Gasteiger partial charge in [0, 0.05) is 5.41 Å². The summed E-state index contributed by atoms with van der Waals surface area (Å²) >= 11 is 0. The van der Waals surface area contributed by atoms with E-state index in [2.05, 4.69) is 0 Å². The highest BCUT2D eigenvalue weighted by Crippen LogP contribution is 2.31. The van der Waals surface area contributed by atoms with Crippen LogP contribution >= 0.6 is 0 Å². The lowest BCUT2D eigenvalue weighted by molar-refractivity contribution is -0.148. The van der Waals surface area contributed by atoms with Crippen LogP contribution in [0.15, 0.2) is 0 Å². The summed E-state index contributed by atoms with van der Waals surface area (Å²) in [7, 11) is 0. The molecule has 0 atom stereocenters. The third kappa shape index (κ3) is 3.03. The van der Waals surface area contributed by atoms with Crippen molar-refractivity contribution >= 4 is 12.3 Å². The van der Waals surface area contributed by atoms with Gasteiger partial charge in [-0.3, -0.25) is 4.79 Å². The zero-order valence-corrected chi connectivity index (χ0v) is 8.05.